The molecule has 1 aliphatic heterocycles. The first kappa shape index (κ1) is 11.2. The maximum Gasteiger partial charge on any atom is 0.354 e. The molecule has 2 rings (SSSR count). The molecule has 0 bridgehead atoms. The zero-order valence-corrected chi connectivity index (χ0v) is 9.82. The van der Waals surface area contributed by atoms with Crippen molar-refractivity contribution >= 4 is 5.97 Å². The van der Waals surface area contributed by atoms with Gasteiger partial charge >= 0.3 is 5.97 Å². The standard InChI is InChI=1S/C12H18N2O2/c1-14-8-10(5-9-3-4-13-7-9)6-11(14)12(15)16-2/h6,8-9,13H,3-5,7H2,1-2H3. The molecule has 1 atom stereocenters. The molecule has 0 aliphatic carbocycles. The lowest BCUT2D eigenvalue weighted by molar-refractivity contribution is 0.0590. The molecule has 1 N–H and O–H groups in total. The maximum atomic E-state index is 11.4. The highest BCUT2D eigenvalue weighted by molar-refractivity contribution is 5.87. The summed E-state index contributed by atoms with van der Waals surface area (Å²) < 4.78 is 6.57. The first-order valence-corrected chi connectivity index (χ1v) is 5.65. The number of esters is 1. The molecule has 1 fully saturated rings. The quantitative estimate of drug-likeness (QED) is 0.775. The Bertz CT molecular complexity index is 378. The van der Waals surface area contributed by atoms with Crippen LogP contribution >= 0.6 is 0 Å². The van der Waals surface area contributed by atoms with Crippen molar-refractivity contribution in [1.82, 2.24) is 9.88 Å². The van der Waals surface area contributed by atoms with Gasteiger partial charge in [-0.05, 0) is 43.5 Å². The van der Waals surface area contributed by atoms with Crippen molar-refractivity contribution in [3.05, 3.63) is 23.5 Å². The van der Waals surface area contributed by atoms with Crippen LogP contribution in [-0.4, -0.2) is 30.7 Å². The van der Waals surface area contributed by atoms with Crippen molar-refractivity contribution in [3.8, 4) is 0 Å². The second kappa shape index (κ2) is 4.70. The summed E-state index contributed by atoms with van der Waals surface area (Å²) >= 11 is 0. The van der Waals surface area contributed by atoms with Gasteiger partial charge in [0.1, 0.15) is 5.69 Å². The predicted octanol–water partition coefficient (Wildman–Crippen LogP) is 0.964. The minimum atomic E-state index is -0.265. The van der Waals surface area contributed by atoms with E-state index in [1.807, 2.05) is 23.9 Å². The van der Waals surface area contributed by atoms with Gasteiger partial charge in [-0.15, -0.1) is 0 Å². The van der Waals surface area contributed by atoms with Crippen molar-refractivity contribution in [2.24, 2.45) is 13.0 Å². The smallest absolute Gasteiger partial charge is 0.354 e. The van der Waals surface area contributed by atoms with Crippen LogP contribution in [0.1, 0.15) is 22.5 Å². The first-order chi connectivity index (χ1) is 7.70. The van der Waals surface area contributed by atoms with Gasteiger partial charge in [-0.1, -0.05) is 0 Å². The van der Waals surface area contributed by atoms with Gasteiger partial charge in [0.25, 0.3) is 0 Å². The van der Waals surface area contributed by atoms with Crippen molar-refractivity contribution in [2.75, 3.05) is 20.2 Å². The van der Waals surface area contributed by atoms with Crippen LogP contribution in [0.2, 0.25) is 0 Å². The Hall–Kier alpha value is -1.29. The number of ether oxygens (including phenoxy) is 1. The maximum absolute atomic E-state index is 11.4. The Balaban J connectivity index is 2.07. The summed E-state index contributed by atoms with van der Waals surface area (Å²) in [5, 5.41) is 3.35. The third-order valence-electron chi connectivity index (χ3n) is 3.14. The van der Waals surface area contributed by atoms with Gasteiger partial charge in [-0.3, -0.25) is 0 Å². The lowest BCUT2D eigenvalue weighted by Gasteiger charge is -2.04. The number of carbonyl (C=O) groups is 1. The summed E-state index contributed by atoms with van der Waals surface area (Å²) in [6, 6.07) is 1.93. The van der Waals surface area contributed by atoms with E-state index in [1.165, 1.54) is 19.1 Å². The van der Waals surface area contributed by atoms with E-state index in [2.05, 4.69) is 5.32 Å². The number of hydrogen-bond acceptors (Lipinski definition) is 3. The van der Waals surface area contributed by atoms with E-state index in [1.54, 1.807) is 0 Å². The number of aromatic nitrogens is 1. The van der Waals surface area contributed by atoms with Crippen LogP contribution in [0, 0.1) is 5.92 Å². The summed E-state index contributed by atoms with van der Waals surface area (Å²) in [7, 11) is 3.29. The van der Waals surface area contributed by atoms with Crippen molar-refractivity contribution < 1.29 is 9.53 Å². The van der Waals surface area contributed by atoms with Gasteiger partial charge in [-0.25, -0.2) is 4.79 Å². The Kier molecular flexibility index (Phi) is 3.29. The molecule has 0 aromatic carbocycles. The molecule has 4 nitrogen and oxygen atoms in total. The summed E-state index contributed by atoms with van der Waals surface area (Å²) in [6.07, 6.45) is 4.28. The van der Waals surface area contributed by atoms with Gasteiger partial charge in [0.15, 0.2) is 0 Å². The molecule has 1 aromatic heterocycles. The first-order valence-electron chi connectivity index (χ1n) is 5.65. The molecule has 88 valence electrons. The van der Waals surface area contributed by atoms with E-state index in [4.69, 9.17) is 4.74 Å². The number of nitrogens with zero attached hydrogens (tertiary/aromatic N) is 1. The monoisotopic (exact) mass is 222 g/mol. The minimum Gasteiger partial charge on any atom is -0.464 e. The molecule has 0 radical (unpaired) electrons. The summed E-state index contributed by atoms with van der Waals surface area (Å²) in [4.78, 5) is 11.4. The molecule has 0 spiro atoms. The highest BCUT2D eigenvalue weighted by Gasteiger charge is 2.17. The van der Waals surface area contributed by atoms with E-state index < -0.39 is 0 Å². The van der Waals surface area contributed by atoms with Crippen LogP contribution in [0.15, 0.2) is 12.3 Å². The predicted molar refractivity (Wildman–Crippen MR) is 61.4 cm³/mol. The Morgan fingerprint density at radius 3 is 3.12 bits per heavy atom. The van der Waals surface area contributed by atoms with Gasteiger partial charge in [0.05, 0.1) is 7.11 Å². The number of hydrogen-bond donors (Lipinski definition) is 1. The molecule has 1 aliphatic rings. The average Bonchev–Trinajstić information content (AvgIpc) is 2.88. The Morgan fingerprint density at radius 1 is 1.69 bits per heavy atom. The number of methoxy groups -OCH3 is 1. The Labute approximate surface area is 95.6 Å². The largest absolute Gasteiger partial charge is 0.464 e. The van der Waals surface area contributed by atoms with Crippen molar-refractivity contribution in [1.29, 1.82) is 0 Å². The van der Waals surface area contributed by atoms with E-state index in [0.29, 0.717) is 11.6 Å². The fourth-order valence-electron chi connectivity index (χ4n) is 2.27. The van der Waals surface area contributed by atoms with Crippen LogP contribution in [-0.2, 0) is 18.2 Å². The molecule has 1 unspecified atom stereocenters. The molecule has 16 heavy (non-hydrogen) atoms. The molecule has 0 saturated carbocycles. The average molecular weight is 222 g/mol. The van der Waals surface area contributed by atoms with Crippen LogP contribution in [0.4, 0.5) is 0 Å². The highest BCUT2D eigenvalue weighted by atomic mass is 16.5. The number of carbonyl (C=O) groups excluding carboxylic acids is 1. The third kappa shape index (κ3) is 2.27. The van der Waals surface area contributed by atoms with Crippen molar-refractivity contribution in [2.45, 2.75) is 12.8 Å². The lowest BCUT2D eigenvalue weighted by atomic mass is 10.0. The highest BCUT2D eigenvalue weighted by Crippen LogP contribution is 2.17. The fraction of sp³-hybridized carbons (Fsp3) is 0.583. The molecule has 1 saturated heterocycles. The van der Waals surface area contributed by atoms with Gasteiger partial charge in [-0.2, -0.15) is 0 Å². The molecule has 0 amide bonds. The number of rotatable bonds is 3. The van der Waals surface area contributed by atoms with Gasteiger partial charge < -0.3 is 14.6 Å². The van der Waals surface area contributed by atoms with E-state index >= 15 is 0 Å². The zero-order chi connectivity index (χ0) is 11.5. The number of nitrogens with one attached hydrogen (secondary N) is 1. The second-order valence-electron chi connectivity index (χ2n) is 4.40. The Morgan fingerprint density at radius 2 is 2.50 bits per heavy atom. The van der Waals surface area contributed by atoms with Gasteiger partial charge in [0.2, 0.25) is 0 Å². The molecular formula is C12H18N2O2. The lowest BCUT2D eigenvalue weighted by Crippen LogP contribution is -2.10. The summed E-state index contributed by atoms with van der Waals surface area (Å²) in [6.45, 7) is 2.20. The molecular weight excluding hydrogens is 204 g/mol. The minimum absolute atomic E-state index is 0.265. The second-order valence-corrected chi connectivity index (χ2v) is 4.40. The van der Waals surface area contributed by atoms with Crippen LogP contribution < -0.4 is 5.32 Å². The van der Waals surface area contributed by atoms with E-state index in [-0.39, 0.29) is 5.97 Å². The van der Waals surface area contributed by atoms with Crippen LogP contribution in [0.25, 0.3) is 0 Å². The zero-order valence-electron chi connectivity index (χ0n) is 9.82. The summed E-state index contributed by atoms with van der Waals surface area (Å²) in [5.41, 5.74) is 1.85. The van der Waals surface area contributed by atoms with E-state index in [0.717, 1.165) is 19.5 Å². The summed E-state index contributed by atoms with van der Waals surface area (Å²) in [5.74, 6) is 0.436. The molecule has 2 heterocycles. The van der Waals surface area contributed by atoms with E-state index in [9.17, 15) is 4.79 Å². The SMILES string of the molecule is COC(=O)c1cc(CC2CCNC2)cn1C. The van der Waals surface area contributed by atoms with Crippen LogP contribution in [0.3, 0.4) is 0 Å². The third-order valence-corrected chi connectivity index (χ3v) is 3.14. The van der Waals surface area contributed by atoms with Gasteiger partial charge in [0, 0.05) is 13.2 Å². The number of aryl methyl sites for hydroxylation is 1. The topological polar surface area (TPSA) is 43.3 Å². The molecule has 1 aromatic rings. The molecule has 4 heteroatoms. The normalized spacial score (nSPS) is 20.0. The van der Waals surface area contributed by atoms with Crippen LogP contribution in [0.5, 0.6) is 0 Å². The fourth-order valence-corrected chi connectivity index (χ4v) is 2.27. The van der Waals surface area contributed by atoms with Crippen molar-refractivity contribution in [3.63, 3.8) is 0 Å².